The zero-order valence-electron chi connectivity index (χ0n) is 11.4. The molecule has 0 radical (unpaired) electrons. The molecule has 2 rings (SSSR count). The molecule has 0 saturated carbocycles. The van der Waals surface area contributed by atoms with Crippen LogP contribution in [-0.2, 0) is 6.42 Å². The van der Waals surface area contributed by atoms with E-state index in [0.29, 0.717) is 18.4 Å². The molecule has 7 heteroatoms. The summed E-state index contributed by atoms with van der Waals surface area (Å²) in [5, 5.41) is 10.1. The van der Waals surface area contributed by atoms with Crippen molar-refractivity contribution in [3.8, 4) is 0 Å². The first-order chi connectivity index (χ1) is 9.04. The van der Waals surface area contributed by atoms with Gasteiger partial charge in [-0.15, -0.1) is 0 Å². The minimum atomic E-state index is 0.294. The maximum absolute atomic E-state index is 5.69. The Kier molecular flexibility index (Phi) is 3.94. The smallest absolute Gasteiger partial charge is 0.222 e. The molecule has 7 nitrogen and oxygen atoms in total. The van der Waals surface area contributed by atoms with Crippen molar-refractivity contribution >= 4 is 11.8 Å². The van der Waals surface area contributed by atoms with Crippen molar-refractivity contribution in [2.75, 3.05) is 17.6 Å². The van der Waals surface area contributed by atoms with E-state index in [-0.39, 0.29) is 0 Å². The van der Waals surface area contributed by atoms with Crippen LogP contribution in [0.4, 0.5) is 11.8 Å². The third-order valence-corrected chi connectivity index (χ3v) is 2.65. The Hall–Kier alpha value is -2.18. The topological polar surface area (TPSA) is 105 Å². The molecule has 0 aliphatic heterocycles. The zero-order chi connectivity index (χ0) is 13.8. The molecule has 0 fully saturated rings. The van der Waals surface area contributed by atoms with Crippen LogP contribution in [0.3, 0.4) is 0 Å². The highest BCUT2D eigenvalue weighted by Gasteiger charge is 2.06. The van der Waals surface area contributed by atoms with E-state index in [9.17, 15) is 0 Å². The Bertz CT molecular complexity index is 547. The van der Waals surface area contributed by atoms with Gasteiger partial charge >= 0.3 is 0 Å². The van der Waals surface area contributed by atoms with Gasteiger partial charge in [0.2, 0.25) is 5.95 Å². The first kappa shape index (κ1) is 13.3. The van der Waals surface area contributed by atoms with Crippen LogP contribution in [0.25, 0.3) is 0 Å². The molecule has 0 aliphatic rings. The van der Waals surface area contributed by atoms with Gasteiger partial charge in [0.05, 0.1) is 5.69 Å². The number of aromatic nitrogens is 5. The van der Waals surface area contributed by atoms with E-state index in [1.807, 2.05) is 13.0 Å². The number of nitrogens with two attached hydrogens (primary N) is 1. The van der Waals surface area contributed by atoms with Gasteiger partial charge < -0.3 is 11.1 Å². The van der Waals surface area contributed by atoms with Crippen LogP contribution in [-0.4, -0.2) is 31.7 Å². The fraction of sp³-hybridized carbons (Fsp3) is 0.500. The maximum Gasteiger partial charge on any atom is 0.222 e. The highest BCUT2D eigenvalue weighted by Crippen LogP contribution is 2.16. The molecule has 4 N–H and O–H groups in total. The number of nitrogens with one attached hydrogen (secondary N) is 2. The second kappa shape index (κ2) is 5.64. The molecule has 0 bridgehead atoms. The Morgan fingerprint density at radius 2 is 2.11 bits per heavy atom. The van der Waals surface area contributed by atoms with E-state index in [4.69, 9.17) is 5.73 Å². The number of hydrogen-bond acceptors (Lipinski definition) is 6. The van der Waals surface area contributed by atoms with Gasteiger partial charge in [0.25, 0.3) is 0 Å². The van der Waals surface area contributed by atoms with Crippen LogP contribution < -0.4 is 11.1 Å². The SMILES string of the molecule is Cc1nc(CCNc2cc(C(C)C)nc(N)n2)n[nH]1. The average Bonchev–Trinajstić information content (AvgIpc) is 2.74. The van der Waals surface area contributed by atoms with Crippen molar-refractivity contribution in [3.63, 3.8) is 0 Å². The van der Waals surface area contributed by atoms with Gasteiger partial charge in [0.15, 0.2) is 5.82 Å². The minimum Gasteiger partial charge on any atom is -0.369 e. The molecule has 2 heterocycles. The fourth-order valence-corrected chi connectivity index (χ4v) is 1.67. The van der Waals surface area contributed by atoms with E-state index in [0.717, 1.165) is 29.6 Å². The fourth-order valence-electron chi connectivity index (χ4n) is 1.67. The van der Waals surface area contributed by atoms with E-state index in [1.165, 1.54) is 0 Å². The van der Waals surface area contributed by atoms with E-state index in [1.54, 1.807) is 0 Å². The summed E-state index contributed by atoms with van der Waals surface area (Å²) in [5.74, 6) is 2.96. The monoisotopic (exact) mass is 261 g/mol. The standard InChI is InChI=1S/C12H19N7/c1-7(2)9-6-11(17-12(13)16-9)14-5-4-10-15-8(3)18-19-10/h6-7H,4-5H2,1-3H3,(H,15,18,19)(H3,13,14,16,17). The molecule has 0 amide bonds. The Morgan fingerprint density at radius 1 is 1.32 bits per heavy atom. The Labute approximate surface area is 112 Å². The van der Waals surface area contributed by atoms with Crippen molar-refractivity contribution in [1.82, 2.24) is 25.1 Å². The lowest BCUT2D eigenvalue weighted by molar-refractivity contribution is 0.816. The minimum absolute atomic E-state index is 0.294. The maximum atomic E-state index is 5.69. The van der Waals surface area contributed by atoms with Gasteiger partial charge in [-0.1, -0.05) is 13.8 Å². The van der Waals surface area contributed by atoms with Gasteiger partial charge in [-0.3, -0.25) is 5.10 Å². The zero-order valence-corrected chi connectivity index (χ0v) is 11.4. The summed E-state index contributed by atoms with van der Waals surface area (Å²) in [6.45, 7) is 6.72. The first-order valence-electron chi connectivity index (χ1n) is 6.31. The first-order valence-corrected chi connectivity index (χ1v) is 6.31. The van der Waals surface area contributed by atoms with Crippen molar-refractivity contribution < 1.29 is 0 Å². The number of nitrogens with zero attached hydrogens (tertiary/aromatic N) is 4. The largest absolute Gasteiger partial charge is 0.369 e. The van der Waals surface area contributed by atoms with Crippen LogP contribution in [0.5, 0.6) is 0 Å². The van der Waals surface area contributed by atoms with Crippen LogP contribution in [0.15, 0.2) is 6.07 Å². The van der Waals surface area contributed by atoms with Gasteiger partial charge in [-0.2, -0.15) is 10.1 Å². The second-order valence-corrected chi connectivity index (χ2v) is 4.70. The summed E-state index contributed by atoms with van der Waals surface area (Å²) >= 11 is 0. The third kappa shape index (κ3) is 3.64. The highest BCUT2D eigenvalue weighted by atomic mass is 15.2. The summed E-state index contributed by atoms with van der Waals surface area (Å²) in [6, 6.07) is 1.92. The molecule has 2 aromatic rings. The van der Waals surface area contributed by atoms with Crippen molar-refractivity contribution in [2.45, 2.75) is 33.1 Å². The molecule has 0 spiro atoms. The van der Waals surface area contributed by atoms with Crippen LogP contribution in [0.1, 0.15) is 37.1 Å². The van der Waals surface area contributed by atoms with Gasteiger partial charge in [-0.25, -0.2) is 9.97 Å². The molecule has 19 heavy (non-hydrogen) atoms. The molecular formula is C12H19N7. The number of H-pyrrole nitrogens is 1. The number of hydrogen-bond donors (Lipinski definition) is 3. The number of nitrogen functional groups attached to an aromatic ring is 1. The third-order valence-electron chi connectivity index (χ3n) is 2.65. The van der Waals surface area contributed by atoms with E-state index >= 15 is 0 Å². The molecular weight excluding hydrogens is 242 g/mol. The van der Waals surface area contributed by atoms with Gasteiger partial charge in [0, 0.05) is 19.0 Å². The lowest BCUT2D eigenvalue weighted by atomic mass is 10.1. The lowest BCUT2D eigenvalue weighted by Gasteiger charge is -2.09. The molecule has 0 aliphatic carbocycles. The summed E-state index contributed by atoms with van der Waals surface area (Å²) in [5.41, 5.74) is 6.63. The highest BCUT2D eigenvalue weighted by molar-refractivity contribution is 5.41. The summed E-state index contributed by atoms with van der Waals surface area (Å²) in [4.78, 5) is 12.6. The van der Waals surface area contributed by atoms with Gasteiger partial charge in [-0.05, 0) is 12.8 Å². The average molecular weight is 261 g/mol. The van der Waals surface area contributed by atoms with Crippen molar-refractivity contribution in [3.05, 3.63) is 23.4 Å². The normalized spacial score (nSPS) is 10.9. The predicted octanol–water partition coefficient (Wildman–Crippen LogP) is 1.26. The lowest BCUT2D eigenvalue weighted by Crippen LogP contribution is -2.10. The number of anilines is 2. The summed E-state index contributed by atoms with van der Waals surface area (Å²) in [6.07, 6.45) is 0.727. The van der Waals surface area contributed by atoms with Crippen molar-refractivity contribution in [2.24, 2.45) is 0 Å². The molecule has 102 valence electrons. The molecule has 0 aromatic carbocycles. The summed E-state index contributed by atoms with van der Waals surface area (Å²) < 4.78 is 0. The van der Waals surface area contributed by atoms with Crippen molar-refractivity contribution in [1.29, 1.82) is 0 Å². The summed E-state index contributed by atoms with van der Waals surface area (Å²) in [7, 11) is 0. The number of rotatable bonds is 5. The molecule has 0 atom stereocenters. The number of aryl methyl sites for hydroxylation is 1. The molecule has 2 aromatic heterocycles. The van der Waals surface area contributed by atoms with Crippen LogP contribution in [0, 0.1) is 6.92 Å². The van der Waals surface area contributed by atoms with E-state index < -0.39 is 0 Å². The molecule has 0 saturated heterocycles. The van der Waals surface area contributed by atoms with Gasteiger partial charge in [0.1, 0.15) is 11.6 Å². The van der Waals surface area contributed by atoms with Crippen LogP contribution in [0.2, 0.25) is 0 Å². The Morgan fingerprint density at radius 3 is 2.74 bits per heavy atom. The van der Waals surface area contributed by atoms with Crippen LogP contribution >= 0.6 is 0 Å². The Balaban J connectivity index is 1.95. The van der Waals surface area contributed by atoms with E-state index in [2.05, 4.69) is 44.3 Å². The second-order valence-electron chi connectivity index (χ2n) is 4.70. The predicted molar refractivity (Wildman–Crippen MR) is 73.8 cm³/mol. The molecule has 0 unspecified atom stereocenters. The quantitative estimate of drug-likeness (QED) is 0.748. The number of aromatic amines is 1.